The molecule has 2 aromatic heterocycles. The van der Waals surface area contributed by atoms with Crippen molar-refractivity contribution in [1.82, 2.24) is 15.3 Å². The van der Waals surface area contributed by atoms with E-state index in [9.17, 15) is 9.18 Å². The Balaban J connectivity index is 1.53. The second-order valence-corrected chi connectivity index (χ2v) is 7.78. The van der Waals surface area contributed by atoms with E-state index in [1.54, 1.807) is 36.0 Å². The van der Waals surface area contributed by atoms with Crippen LogP contribution in [0.4, 0.5) is 10.1 Å². The van der Waals surface area contributed by atoms with Gasteiger partial charge in [-0.15, -0.1) is 20.6 Å². The van der Waals surface area contributed by atoms with Crippen molar-refractivity contribution in [2.75, 3.05) is 18.4 Å². The fourth-order valence-corrected chi connectivity index (χ4v) is 4.29. The molecule has 0 radical (unpaired) electrons. The van der Waals surface area contributed by atoms with Crippen molar-refractivity contribution in [2.45, 2.75) is 12.5 Å². The van der Waals surface area contributed by atoms with E-state index < -0.39 is 5.91 Å². The molecule has 9 heteroatoms. The summed E-state index contributed by atoms with van der Waals surface area (Å²) in [6, 6.07) is 6.51. The average molecular weight is 416 g/mol. The number of rotatable bonds is 5. The van der Waals surface area contributed by atoms with E-state index in [1.165, 1.54) is 17.4 Å². The molecule has 4 rings (SSSR count). The van der Waals surface area contributed by atoms with E-state index in [-0.39, 0.29) is 17.6 Å². The van der Waals surface area contributed by atoms with Crippen LogP contribution in [0.2, 0.25) is 0 Å². The SMILES string of the molecule is O=C(Nc1cnccc1OC1CCNC1)c1csc(-c2c(F)cccc2P)n1. The van der Waals surface area contributed by atoms with Crippen LogP contribution in [0.5, 0.6) is 5.75 Å². The fraction of sp³-hybridized carbons (Fsp3) is 0.211. The Hall–Kier alpha value is -2.41. The molecular weight excluding hydrogens is 398 g/mol. The molecule has 0 saturated carbocycles. The lowest BCUT2D eigenvalue weighted by atomic mass is 10.2. The smallest absolute Gasteiger partial charge is 0.275 e. The summed E-state index contributed by atoms with van der Waals surface area (Å²) in [5.74, 6) is -0.206. The van der Waals surface area contributed by atoms with E-state index in [2.05, 4.69) is 29.8 Å². The van der Waals surface area contributed by atoms with Gasteiger partial charge >= 0.3 is 0 Å². The van der Waals surface area contributed by atoms with Crippen LogP contribution in [0.1, 0.15) is 16.9 Å². The van der Waals surface area contributed by atoms with Crippen LogP contribution in [-0.4, -0.2) is 35.1 Å². The number of anilines is 1. The van der Waals surface area contributed by atoms with Gasteiger partial charge < -0.3 is 15.4 Å². The first-order valence-electron chi connectivity index (χ1n) is 8.74. The Morgan fingerprint density at radius 2 is 2.29 bits per heavy atom. The lowest BCUT2D eigenvalue weighted by Crippen LogP contribution is -2.21. The van der Waals surface area contributed by atoms with Gasteiger partial charge in [-0.25, -0.2) is 9.37 Å². The molecule has 1 aliphatic heterocycles. The van der Waals surface area contributed by atoms with E-state index in [0.717, 1.165) is 19.5 Å². The highest BCUT2D eigenvalue weighted by atomic mass is 32.1. The first-order chi connectivity index (χ1) is 13.6. The number of aromatic nitrogens is 2. The molecular formula is C19H18FN4O2PS. The number of carbonyl (C=O) groups excluding carboxylic acids is 1. The number of carbonyl (C=O) groups is 1. The zero-order valence-corrected chi connectivity index (χ0v) is 16.8. The number of benzene rings is 1. The van der Waals surface area contributed by atoms with Gasteiger partial charge in [0.15, 0.2) is 0 Å². The predicted octanol–water partition coefficient (Wildman–Crippen LogP) is 2.84. The summed E-state index contributed by atoms with van der Waals surface area (Å²) >= 11 is 1.22. The minimum absolute atomic E-state index is 0.0606. The Bertz CT molecular complexity index is 987. The third-order valence-corrected chi connectivity index (χ3v) is 5.68. The second kappa shape index (κ2) is 8.31. The van der Waals surface area contributed by atoms with Crippen LogP contribution in [-0.2, 0) is 0 Å². The maximum atomic E-state index is 14.2. The number of hydrogen-bond acceptors (Lipinski definition) is 6. The van der Waals surface area contributed by atoms with E-state index >= 15 is 0 Å². The number of nitrogens with zero attached hydrogens (tertiary/aromatic N) is 2. The molecule has 0 aliphatic carbocycles. The van der Waals surface area contributed by atoms with Gasteiger partial charge in [0.1, 0.15) is 34.1 Å². The zero-order chi connectivity index (χ0) is 19.5. The molecule has 1 amide bonds. The standard InChI is InChI=1S/C19H18FN4O2PS/c20-12-2-1-3-16(27)17(12)19-24-14(10-28-19)18(25)23-13-9-22-7-5-15(13)26-11-4-6-21-8-11/h1-3,5,7,9-11,21H,4,6,8,27H2,(H,23,25). The molecule has 2 unspecified atom stereocenters. The third-order valence-electron chi connectivity index (χ3n) is 4.33. The topological polar surface area (TPSA) is 76.1 Å². The maximum absolute atomic E-state index is 14.2. The lowest BCUT2D eigenvalue weighted by molar-refractivity contribution is 0.102. The summed E-state index contributed by atoms with van der Waals surface area (Å²) < 4.78 is 20.1. The van der Waals surface area contributed by atoms with Crippen molar-refractivity contribution < 1.29 is 13.9 Å². The molecule has 1 saturated heterocycles. The molecule has 0 bridgehead atoms. The highest BCUT2D eigenvalue weighted by molar-refractivity contribution is 7.28. The number of thiazole rings is 1. The highest BCUT2D eigenvalue weighted by Gasteiger charge is 2.20. The molecule has 3 aromatic rings. The molecule has 28 heavy (non-hydrogen) atoms. The largest absolute Gasteiger partial charge is 0.487 e. The lowest BCUT2D eigenvalue weighted by Gasteiger charge is -2.15. The average Bonchev–Trinajstić information content (AvgIpc) is 3.35. The van der Waals surface area contributed by atoms with Crippen LogP contribution in [0, 0.1) is 5.82 Å². The van der Waals surface area contributed by atoms with Crippen LogP contribution < -0.4 is 20.7 Å². The third kappa shape index (κ3) is 4.04. The van der Waals surface area contributed by atoms with E-state index in [1.807, 2.05) is 0 Å². The normalized spacial score (nSPS) is 16.1. The molecule has 2 N–H and O–H groups in total. The fourth-order valence-electron chi connectivity index (χ4n) is 2.93. The van der Waals surface area contributed by atoms with Gasteiger partial charge in [-0.3, -0.25) is 9.78 Å². The summed E-state index contributed by atoms with van der Waals surface area (Å²) in [4.78, 5) is 21.0. The summed E-state index contributed by atoms with van der Waals surface area (Å²) in [5.41, 5.74) is 1.08. The van der Waals surface area contributed by atoms with Crippen molar-refractivity contribution in [3.05, 3.63) is 53.6 Å². The van der Waals surface area contributed by atoms with Gasteiger partial charge in [-0.05, 0) is 24.3 Å². The number of halogens is 1. The Morgan fingerprint density at radius 3 is 3.07 bits per heavy atom. The van der Waals surface area contributed by atoms with Crippen LogP contribution >= 0.6 is 20.6 Å². The summed E-state index contributed by atoms with van der Waals surface area (Å²) in [6.07, 6.45) is 4.13. The summed E-state index contributed by atoms with van der Waals surface area (Å²) in [7, 11) is 2.49. The van der Waals surface area contributed by atoms with Crippen LogP contribution in [0.15, 0.2) is 42.0 Å². The first kappa shape index (κ1) is 18.9. The summed E-state index contributed by atoms with van der Waals surface area (Å²) in [5, 5.41) is 8.78. The molecule has 144 valence electrons. The van der Waals surface area contributed by atoms with E-state index in [0.29, 0.717) is 27.3 Å². The van der Waals surface area contributed by atoms with Crippen molar-refractivity contribution in [2.24, 2.45) is 0 Å². The van der Waals surface area contributed by atoms with Gasteiger partial charge in [0, 0.05) is 24.2 Å². The molecule has 1 aliphatic rings. The molecule has 6 nitrogen and oxygen atoms in total. The Kier molecular flexibility index (Phi) is 5.62. The predicted molar refractivity (Wildman–Crippen MR) is 111 cm³/mol. The summed E-state index contributed by atoms with van der Waals surface area (Å²) in [6.45, 7) is 1.68. The van der Waals surface area contributed by atoms with Crippen molar-refractivity contribution in [1.29, 1.82) is 0 Å². The Labute approximate surface area is 167 Å². The zero-order valence-electron chi connectivity index (χ0n) is 14.8. The molecule has 0 spiro atoms. The van der Waals surface area contributed by atoms with Crippen molar-refractivity contribution in [3.8, 4) is 16.3 Å². The first-order valence-corrected chi connectivity index (χ1v) is 10.2. The maximum Gasteiger partial charge on any atom is 0.275 e. The number of pyridine rings is 1. The van der Waals surface area contributed by atoms with Crippen LogP contribution in [0.25, 0.3) is 10.6 Å². The van der Waals surface area contributed by atoms with Crippen LogP contribution in [0.3, 0.4) is 0 Å². The molecule has 3 heterocycles. The highest BCUT2D eigenvalue weighted by Crippen LogP contribution is 2.28. The quantitative estimate of drug-likeness (QED) is 0.626. The monoisotopic (exact) mass is 416 g/mol. The minimum Gasteiger partial charge on any atom is -0.487 e. The number of hydrogen-bond donors (Lipinski definition) is 2. The Morgan fingerprint density at radius 1 is 1.39 bits per heavy atom. The number of nitrogens with one attached hydrogen (secondary N) is 2. The molecule has 2 atom stereocenters. The second-order valence-electron chi connectivity index (χ2n) is 6.30. The van der Waals surface area contributed by atoms with Gasteiger partial charge in [-0.2, -0.15) is 0 Å². The van der Waals surface area contributed by atoms with Gasteiger partial charge in [0.25, 0.3) is 5.91 Å². The number of ether oxygens (including phenoxy) is 1. The molecule has 1 aromatic carbocycles. The van der Waals surface area contributed by atoms with Gasteiger partial charge in [0.05, 0.1) is 11.8 Å². The van der Waals surface area contributed by atoms with Gasteiger partial charge in [0.2, 0.25) is 0 Å². The minimum atomic E-state index is -0.397. The van der Waals surface area contributed by atoms with Crippen molar-refractivity contribution in [3.63, 3.8) is 0 Å². The van der Waals surface area contributed by atoms with Crippen molar-refractivity contribution >= 4 is 37.5 Å². The van der Waals surface area contributed by atoms with E-state index in [4.69, 9.17) is 4.74 Å². The number of amides is 1. The van der Waals surface area contributed by atoms with Gasteiger partial charge in [-0.1, -0.05) is 12.1 Å². The molecule has 1 fully saturated rings.